The molecule has 0 aromatic heterocycles. The molecule has 1 aromatic rings. The number of methoxy groups -OCH3 is 1. The predicted octanol–water partition coefficient (Wildman–Crippen LogP) is 2.04. The van der Waals surface area contributed by atoms with Crippen LogP contribution in [0.15, 0.2) is 18.2 Å². The number of benzene rings is 1. The Labute approximate surface area is 126 Å². The molecule has 0 aliphatic carbocycles. The molecule has 0 heterocycles. The molecule has 6 nitrogen and oxygen atoms in total. The molecule has 0 N–H and O–H groups in total. The van der Waals surface area contributed by atoms with Crippen molar-refractivity contribution in [3.63, 3.8) is 0 Å². The maximum atomic E-state index is 10.5. The Balaban J connectivity index is 2.67. The third kappa shape index (κ3) is 4.82. The van der Waals surface area contributed by atoms with Gasteiger partial charge in [0.15, 0.2) is 11.5 Å². The van der Waals surface area contributed by atoms with Crippen LogP contribution in [0.5, 0.6) is 11.5 Å². The van der Waals surface area contributed by atoms with Crippen LogP contribution in [0.4, 0.5) is 0 Å². The number of hydrogen-bond acceptors (Lipinski definition) is 6. The average Bonchev–Trinajstić information content (AvgIpc) is 2.53. The van der Waals surface area contributed by atoms with Gasteiger partial charge in [0.25, 0.3) is 6.47 Å². The van der Waals surface area contributed by atoms with Crippen molar-refractivity contribution < 1.29 is 27.5 Å². The molecule has 1 rings (SSSR count). The Morgan fingerprint density at radius 2 is 1.71 bits per heavy atom. The molecule has 0 radical (unpaired) electrons. The van der Waals surface area contributed by atoms with Crippen LogP contribution in [0.25, 0.3) is 0 Å². The summed E-state index contributed by atoms with van der Waals surface area (Å²) in [6, 6.07) is 6.23. The summed E-state index contributed by atoms with van der Waals surface area (Å²) in [7, 11) is 3.80. The number of hydrogen-bond donors (Lipinski definition) is 0. The quantitative estimate of drug-likeness (QED) is 0.486. The lowest BCUT2D eigenvalue weighted by molar-refractivity contribution is -0.120. The minimum absolute atomic E-state index is 0.389. The lowest BCUT2D eigenvalue weighted by atomic mass is 10.1. The summed E-state index contributed by atoms with van der Waals surface area (Å²) >= 11 is 0. The van der Waals surface area contributed by atoms with Gasteiger partial charge in [-0.05, 0) is 30.5 Å². The Morgan fingerprint density at radius 3 is 2.24 bits per heavy atom. The first kappa shape index (κ1) is 17.6. The van der Waals surface area contributed by atoms with Gasteiger partial charge in [-0.3, -0.25) is 4.79 Å². The third-order valence-corrected chi connectivity index (χ3v) is 6.12. The molecule has 7 heteroatoms. The molecule has 0 aliphatic rings. The number of ether oxygens (including phenoxy) is 2. The van der Waals surface area contributed by atoms with E-state index >= 15 is 0 Å². The lowest BCUT2D eigenvalue weighted by Gasteiger charge is -2.24. The van der Waals surface area contributed by atoms with Crippen LogP contribution in [0.3, 0.4) is 0 Å². The molecular formula is C14H22O6Si. The van der Waals surface area contributed by atoms with Gasteiger partial charge in [-0.15, -0.1) is 0 Å². The highest BCUT2D eigenvalue weighted by Crippen LogP contribution is 2.28. The Kier molecular flexibility index (Phi) is 7.38. The van der Waals surface area contributed by atoms with Gasteiger partial charge in [-0.1, -0.05) is 6.07 Å². The van der Waals surface area contributed by atoms with Crippen molar-refractivity contribution in [1.29, 1.82) is 0 Å². The molecule has 0 aliphatic heterocycles. The van der Waals surface area contributed by atoms with Crippen LogP contribution in [0, 0.1) is 0 Å². The van der Waals surface area contributed by atoms with E-state index in [0.717, 1.165) is 18.4 Å². The Morgan fingerprint density at radius 1 is 1.05 bits per heavy atom. The first-order valence-corrected chi connectivity index (χ1v) is 8.50. The zero-order valence-electron chi connectivity index (χ0n) is 12.9. The lowest BCUT2D eigenvalue weighted by Crippen LogP contribution is -2.42. The van der Waals surface area contributed by atoms with Gasteiger partial charge >= 0.3 is 8.80 Å². The number of carbonyl (C=O) groups excluding carboxylic acids is 1. The van der Waals surface area contributed by atoms with Crippen LogP contribution >= 0.6 is 0 Å². The maximum absolute atomic E-state index is 10.5. The normalized spacial score (nSPS) is 11.2. The van der Waals surface area contributed by atoms with E-state index in [1.165, 1.54) is 7.11 Å². The summed E-state index contributed by atoms with van der Waals surface area (Å²) in [6.45, 7) is 0.389. The summed E-state index contributed by atoms with van der Waals surface area (Å²) in [5.41, 5.74) is 1.04. The second kappa shape index (κ2) is 8.78. The van der Waals surface area contributed by atoms with E-state index in [2.05, 4.69) is 0 Å². The van der Waals surface area contributed by atoms with Gasteiger partial charge in [0.05, 0.1) is 7.11 Å². The fourth-order valence-corrected chi connectivity index (χ4v) is 3.81. The van der Waals surface area contributed by atoms with E-state index in [-0.39, 0.29) is 0 Å². The van der Waals surface area contributed by atoms with Crippen molar-refractivity contribution in [2.75, 3.05) is 28.4 Å². The Hall–Kier alpha value is -1.41. The van der Waals surface area contributed by atoms with E-state index in [1.807, 2.05) is 6.07 Å². The standard InChI is InChI=1S/C14H22O6Si/c1-16-13-8-7-12(10-14(13)20-11-15)6-5-9-21(17-2,18-3)19-4/h7-8,10-11H,5-6,9H2,1-4H3. The van der Waals surface area contributed by atoms with Crippen molar-refractivity contribution in [2.24, 2.45) is 0 Å². The SMILES string of the molecule is COc1ccc(CCC[Si](OC)(OC)OC)cc1OC=O. The zero-order valence-corrected chi connectivity index (χ0v) is 13.9. The topological polar surface area (TPSA) is 63.2 Å². The molecule has 0 unspecified atom stereocenters. The van der Waals surface area contributed by atoms with E-state index < -0.39 is 8.80 Å². The molecule has 0 saturated heterocycles. The van der Waals surface area contributed by atoms with Gasteiger partial charge in [0.2, 0.25) is 0 Å². The van der Waals surface area contributed by atoms with Crippen LogP contribution in [0.1, 0.15) is 12.0 Å². The average molecular weight is 314 g/mol. The van der Waals surface area contributed by atoms with Crippen molar-refractivity contribution in [3.05, 3.63) is 23.8 Å². The Bertz CT molecular complexity index is 439. The van der Waals surface area contributed by atoms with Crippen LogP contribution < -0.4 is 9.47 Å². The van der Waals surface area contributed by atoms with Gasteiger partial charge in [-0.25, -0.2) is 0 Å². The highest BCUT2D eigenvalue weighted by Gasteiger charge is 2.36. The highest BCUT2D eigenvalue weighted by molar-refractivity contribution is 6.60. The molecule has 118 valence electrons. The van der Waals surface area contributed by atoms with Gasteiger partial charge in [0.1, 0.15) is 0 Å². The van der Waals surface area contributed by atoms with Crippen molar-refractivity contribution in [2.45, 2.75) is 18.9 Å². The summed E-state index contributed by atoms with van der Waals surface area (Å²) in [6.07, 6.45) is 1.64. The molecule has 0 atom stereocenters. The molecule has 1 aromatic carbocycles. The number of rotatable bonds is 10. The van der Waals surface area contributed by atoms with Crippen molar-refractivity contribution >= 4 is 15.3 Å². The van der Waals surface area contributed by atoms with Crippen molar-refractivity contribution in [3.8, 4) is 11.5 Å². The van der Waals surface area contributed by atoms with E-state index in [9.17, 15) is 4.79 Å². The first-order valence-electron chi connectivity index (χ1n) is 6.57. The first-order chi connectivity index (χ1) is 10.1. The monoisotopic (exact) mass is 314 g/mol. The van der Waals surface area contributed by atoms with E-state index in [4.69, 9.17) is 22.8 Å². The molecule has 0 amide bonds. The molecular weight excluding hydrogens is 292 g/mol. The number of carbonyl (C=O) groups is 1. The summed E-state index contributed by atoms with van der Waals surface area (Å²) < 4.78 is 26.2. The molecule has 0 fully saturated rings. The minimum Gasteiger partial charge on any atom is -0.493 e. The van der Waals surface area contributed by atoms with Gasteiger partial charge in [0, 0.05) is 27.4 Å². The third-order valence-electron chi connectivity index (χ3n) is 3.28. The van der Waals surface area contributed by atoms with Gasteiger partial charge in [-0.2, -0.15) is 0 Å². The summed E-state index contributed by atoms with van der Waals surface area (Å²) in [5.74, 6) is 0.943. The predicted molar refractivity (Wildman–Crippen MR) is 79.6 cm³/mol. The smallest absolute Gasteiger partial charge is 0.493 e. The summed E-state index contributed by atoms with van der Waals surface area (Å²) in [5, 5.41) is 0. The maximum Gasteiger partial charge on any atom is 0.500 e. The van der Waals surface area contributed by atoms with E-state index in [1.54, 1.807) is 33.5 Å². The fourth-order valence-electron chi connectivity index (χ4n) is 2.09. The molecule has 0 saturated carbocycles. The van der Waals surface area contributed by atoms with Crippen molar-refractivity contribution in [1.82, 2.24) is 0 Å². The second-order valence-corrected chi connectivity index (χ2v) is 7.44. The summed E-state index contributed by atoms with van der Waals surface area (Å²) in [4.78, 5) is 10.5. The van der Waals surface area contributed by atoms with E-state index in [0.29, 0.717) is 24.0 Å². The minimum atomic E-state index is -2.53. The molecule has 0 bridgehead atoms. The van der Waals surface area contributed by atoms with Crippen LogP contribution in [0.2, 0.25) is 6.04 Å². The largest absolute Gasteiger partial charge is 0.500 e. The molecule has 0 spiro atoms. The van der Waals surface area contributed by atoms with Crippen LogP contribution in [-0.4, -0.2) is 43.7 Å². The van der Waals surface area contributed by atoms with Gasteiger partial charge < -0.3 is 22.8 Å². The van der Waals surface area contributed by atoms with Crippen LogP contribution in [-0.2, 0) is 24.5 Å². The zero-order chi connectivity index (χ0) is 15.7. The second-order valence-electron chi connectivity index (χ2n) is 4.35. The molecule has 21 heavy (non-hydrogen) atoms. The highest BCUT2D eigenvalue weighted by atomic mass is 28.4. The fraction of sp³-hybridized carbons (Fsp3) is 0.500. The number of aryl methyl sites for hydroxylation is 1.